The molecule has 0 aliphatic carbocycles. The standard InChI is InChI=1S/C10H16N2O/c1-8-4-5-10(13-3)12-9(8)6-7-11-2/h4-5,11H,6-7H2,1-3H3. The molecule has 0 unspecified atom stereocenters. The number of nitrogens with zero attached hydrogens (tertiary/aromatic N) is 1. The second kappa shape index (κ2) is 4.82. The first-order valence-corrected chi connectivity index (χ1v) is 4.43. The second-order valence-corrected chi connectivity index (χ2v) is 2.97. The molecule has 72 valence electrons. The van der Waals surface area contributed by atoms with Gasteiger partial charge in [-0.3, -0.25) is 0 Å². The van der Waals surface area contributed by atoms with Gasteiger partial charge in [0, 0.05) is 24.7 Å². The smallest absolute Gasteiger partial charge is 0.213 e. The Balaban J connectivity index is 2.78. The van der Waals surface area contributed by atoms with E-state index in [1.54, 1.807) is 7.11 Å². The second-order valence-electron chi connectivity index (χ2n) is 2.97. The summed E-state index contributed by atoms with van der Waals surface area (Å²) in [6.07, 6.45) is 0.944. The van der Waals surface area contributed by atoms with Crippen LogP contribution in [-0.2, 0) is 6.42 Å². The highest BCUT2D eigenvalue weighted by molar-refractivity contribution is 5.24. The molecular formula is C10H16N2O. The minimum absolute atomic E-state index is 0.691. The molecule has 0 aliphatic rings. The van der Waals surface area contributed by atoms with E-state index in [0.717, 1.165) is 18.7 Å². The Morgan fingerprint density at radius 2 is 2.23 bits per heavy atom. The van der Waals surface area contributed by atoms with Crippen molar-refractivity contribution in [3.8, 4) is 5.88 Å². The molecule has 0 aliphatic heterocycles. The van der Waals surface area contributed by atoms with Crippen LogP contribution in [0.2, 0.25) is 0 Å². The van der Waals surface area contributed by atoms with Crippen LogP contribution in [0.25, 0.3) is 0 Å². The van der Waals surface area contributed by atoms with Gasteiger partial charge in [0.1, 0.15) is 0 Å². The maximum atomic E-state index is 5.06. The third-order valence-electron chi connectivity index (χ3n) is 2.00. The minimum Gasteiger partial charge on any atom is -0.481 e. The van der Waals surface area contributed by atoms with Crippen LogP contribution < -0.4 is 10.1 Å². The summed E-state index contributed by atoms with van der Waals surface area (Å²) in [6.45, 7) is 3.01. The van der Waals surface area contributed by atoms with Gasteiger partial charge in [-0.05, 0) is 19.5 Å². The van der Waals surface area contributed by atoms with E-state index in [1.165, 1.54) is 5.56 Å². The zero-order valence-electron chi connectivity index (χ0n) is 8.42. The van der Waals surface area contributed by atoms with Crippen molar-refractivity contribution in [2.24, 2.45) is 0 Å². The SMILES string of the molecule is CNCCc1nc(OC)ccc1C. The number of aromatic nitrogens is 1. The topological polar surface area (TPSA) is 34.2 Å². The maximum absolute atomic E-state index is 5.06. The molecule has 1 N–H and O–H groups in total. The molecule has 0 bridgehead atoms. The Labute approximate surface area is 79.1 Å². The molecule has 1 rings (SSSR count). The Kier molecular flexibility index (Phi) is 3.71. The Bertz CT molecular complexity index is 274. The molecule has 1 aromatic rings. The van der Waals surface area contributed by atoms with E-state index in [4.69, 9.17) is 4.74 Å². The number of nitrogens with one attached hydrogen (secondary N) is 1. The van der Waals surface area contributed by atoms with Gasteiger partial charge in [0.05, 0.1) is 7.11 Å². The number of hydrogen-bond donors (Lipinski definition) is 1. The van der Waals surface area contributed by atoms with E-state index < -0.39 is 0 Å². The van der Waals surface area contributed by atoms with Crippen LogP contribution in [-0.4, -0.2) is 25.7 Å². The first-order chi connectivity index (χ1) is 6.27. The van der Waals surface area contributed by atoms with Crippen LogP contribution in [0, 0.1) is 6.92 Å². The van der Waals surface area contributed by atoms with Crippen molar-refractivity contribution >= 4 is 0 Å². The largest absolute Gasteiger partial charge is 0.481 e. The number of likely N-dealkylation sites (N-methyl/N-ethyl adjacent to an activating group) is 1. The monoisotopic (exact) mass is 180 g/mol. The van der Waals surface area contributed by atoms with Crippen LogP contribution in [0.4, 0.5) is 0 Å². The summed E-state index contributed by atoms with van der Waals surface area (Å²) in [7, 11) is 3.58. The van der Waals surface area contributed by atoms with Crippen LogP contribution in [0.1, 0.15) is 11.3 Å². The highest BCUT2D eigenvalue weighted by Gasteiger charge is 2.01. The summed E-state index contributed by atoms with van der Waals surface area (Å²) >= 11 is 0. The highest BCUT2D eigenvalue weighted by atomic mass is 16.5. The van der Waals surface area contributed by atoms with Gasteiger partial charge >= 0.3 is 0 Å². The zero-order chi connectivity index (χ0) is 9.68. The van der Waals surface area contributed by atoms with E-state index in [1.807, 2.05) is 19.2 Å². The molecule has 1 heterocycles. The molecule has 0 fully saturated rings. The quantitative estimate of drug-likeness (QED) is 0.755. The van der Waals surface area contributed by atoms with Crippen molar-refractivity contribution < 1.29 is 4.74 Å². The molecule has 3 nitrogen and oxygen atoms in total. The number of pyridine rings is 1. The van der Waals surface area contributed by atoms with Crippen LogP contribution >= 0.6 is 0 Å². The lowest BCUT2D eigenvalue weighted by Gasteiger charge is -2.06. The number of aryl methyl sites for hydroxylation is 1. The summed E-state index contributed by atoms with van der Waals surface area (Å²) < 4.78 is 5.06. The first kappa shape index (κ1) is 9.99. The van der Waals surface area contributed by atoms with E-state index in [0.29, 0.717) is 5.88 Å². The third-order valence-corrected chi connectivity index (χ3v) is 2.00. The molecule has 13 heavy (non-hydrogen) atoms. The highest BCUT2D eigenvalue weighted by Crippen LogP contribution is 2.11. The molecule has 0 aromatic carbocycles. The van der Waals surface area contributed by atoms with Crippen molar-refractivity contribution in [1.29, 1.82) is 0 Å². The number of rotatable bonds is 4. The van der Waals surface area contributed by atoms with E-state index in [-0.39, 0.29) is 0 Å². The average Bonchev–Trinajstić information content (AvgIpc) is 2.17. The van der Waals surface area contributed by atoms with Gasteiger partial charge in [-0.15, -0.1) is 0 Å². The Hall–Kier alpha value is -1.09. The van der Waals surface area contributed by atoms with Crippen molar-refractivity contribution in [3.05, 3.63) is 23.4 Å². The molecule has 0 radical (unpaired) electrons. The predicted octanol–water partition coefficient (Wildman–Crippen LogP) is 1.16. The van der Waals surface area contributed by atoms with Crippen LogP contribution in [0.5, 0.6) is 5.88 Å². The number of methoxy groups -OCH3 is 1. The van der Waals surface area contributed by atoms with E-state index in [9.17, 15) is 0 Å². The van der Waals surface area contributed by atoms with Crippen LogP contribution in [0.3, 0.4) is 0 Å². The molecule has 1 aromatic heterocycles. The third kappa shape index (κ3) is 2.70. The van der Waals surface area contributed by atoms with Gasteiger partial charge in [0.25, 0.3) is 0 Å². The number of ether oxygens (including phenoxy) is 1. The van der Waals surface area contributed by atoms with Gasteiger partial charge in [-0.2, -0.15) is 0 Å². The van der Waals surface area contributed by atoms with Crippen molar-refractivity contribution in [2.45, 2.75) is 13.3 Å². The summed E-state index contributed by atoms with van der Waals surface area (Å²) in [6, 6.07) is 3.93. The predicted molar refractivity (Wildman–Crippen MR) is 53.2 cm³/mol. The molecule has 0 atom stereocenters. The average molecular weight is 180 g/mol. The fourth-order valence-corrected chi connectivity index (χ4v) is 1.16. The molecular weight excluding hydrogens is 164 g/mol. The molecule has 0 saturated carbocycles. The Morgan fingerprint density at radius 3 is 2.85 bits per heavy atom. The maximum Gasteiger partial charge on any atom is 0.213 e. The summed E-state index contributed by atoms with van der Waals surface area (Å²) in [5.41, 5.74) is 2.32. The zero-order valence-corrected chi connectivity index (χ0v) is 8.42. The van der Waals surface area contributed by atoms with Gasteiger partial charge in [-0.1, -0.05) is 6.07 Å². The lowest BCUT2D eigenvalue weighted by molar-refractivity contribution is 0.396. The van der Waals surface area contributed by atoms with Crippen molar-refractivity contribution in [2.75, 3.05) is 20.7 Å². The van der Waals surface area contributed by atoms with E-state index in [2.05, 4.69) is 17.2 Å². The lowest BCUT2D eigenvalue weighted by Crippen LogP contribution is -2.12. The molecule has 3 heteroatoms. The van der Waals surface area contributed by atoms with Gasteiger partial charge < -0.3 is 10.1 Å². The Morgan fingerprint density at radius 1 is 1.46 bits per heavy atom. The fourth-order valence-electron chi connectivity index (χ4n) is 1.16. The van der Waals surface area contributed by atoms with Gasteiger partial charge in [-0.25, -0.2) is 4.98 Å². The summed E-state index contributed by atoms with van der Waals surface area (Å²) in [5, 5.41) is 3.10. The first-order valence-electron chi connectivity index (χ1n) is 4.43. The van der Waals surface area contributed by atoms with Crippen molar-refractivity contribution in [1.82, 2.24) is 10.3 Å². The van der Waals surface area contributed by atoms with Crippen molar-refractivity contribution in [3.63, 3.8) is 0 Å². The van der Waals surface area contributed by atoms with Gasteiger partial charge in [0.15, 0.2) is 0 Å². The fraction of sp³-hybridized carbons (Fsp3) is 0.500. The van der Waals surface area contributed by atoms with Crippen LogP contribution in [0.15, 0.2) is 12.1 Å². The summed E-state index contributed by atoms with van der Waals surface area (Å²) in [4.78, 5) is 4.37. The molecule has 0 saturated heterocycles. The van der Waals surface area contributed by atoms with Gasteiger partial charge in [0.2, 0.25) is 5.88 Å². The van der Waals surface area contributed by atoms with E-state index >= 15 is 0 Å². The molecule has 0 spiro atoms. The molecule has 0 amide bonds. The minimum atomic E-state index is 0.691. The lowest BCUT2D eigenvalue weighted by atomic mass is 10.1. The normalized spacial score (nSPS) is 10.1. The number of hydrogen-bond acceptors (Lipinski definition) is 3. The summed E-state index contributed by atoms with van der Waals surface area (Å²) in [5.74, 6) is 0.691.